The van der Waals surface area contributed by atoms with E-state index in [1.165, 1.54) is 13.8 Å². The van der Waals surface area contributed by atoms with Gasteiger partial charge in [-0.2, -0.15) is 0 Å². The fraction of sp³-hybridized carbons (Fsp3) is 0.455. The first kappa shape index (κ1) is 15.3. The predicted octanol–water partition coefficient (Wildman–Crippen LogP) is -0.0941. The van der Waals surface area contributed by atoms with Gasteiger partial charge in [-0.1, -0.05) is 13.2 Å². The quantitative estimate of drug-likeness (QED) is 0.385. The first-order valence-corrected chi connectivity index (χ1v) is 4.77. The van der Waals surface area contributed by atoms with Crippen molar-refractivity contribution in [3.63, 3.8) is 0 Å². The van der Waals surface area contributed by atoms with E-state index in [1.54, 1.807) is 0 Å². The molecule has 96 valence electrons. The molecule has 0 unspecified atom stereocenters. The van der Waals surface area contributed by atoms with E-state index in [-0.39, 0.29) is 11.1 Å². The van der Waals surface area contributed by atoms with Gasteiger partial charge in [0.1, 0.15) is 13.2 Å². The van der Waals surface area contributed by atoms with Gasteiger partial charge in [-0.25, -0.2) is 9.59 Å². The number of aliphatic hydroxyl groups excluding tert-OH is 2. The number of hydrogen-bond donors (Lipinski definition) is 2. The maximum absolute atomic E-state index is 11.3. The van der Waals surface area contributed by atoms with Crippen LogP contribution in [0.1, 0.15) is 13.8 Å². The molecule has 0 aromatic carbocycles. The molecule has 0 heterocycles. The van der Waals surface area contributed by atoms with Gasteiger partial charge in [0.2, 0.25) is 0 Å². The largest absolute Gasteiger partial charge is 0.414 e. The van der Waals surface area contributed by atoms with Gasteiger partial charge < -0.3 is 19.7 Å². The number of esters is 2. The highest BCUT2D eigenvalue weighted by Crippen LogP contribution is 2.16. The number of carbonyl (C=O) groups excluding carboxylic acids is 2. The monoisotopic (exact) mass is 244 g/mol. The molecule has 6 nitrogen and oxygen atoms in total. The Balaban J connectivity index is 4.90. The Kier molecular flexibility index (Phi) is 5.57. The molecule has 0 radical (unpaired) electrons. The summed E-state index contributed by atoms with van der Waals surface area (Å²) in [6, 6.07) is 0. The molecule has 6 heteroatoms. The number of hydrogen-bond acceptors (Lipinski definition) is 6. The van der Waals surface area contributed by atoms with Gasteiger partial charge in [-0.15, -0.1) is 0 Å². The second kappa shape index (κ2) is 6.17. The maximum Gasteiger partial charge on any atom is 0.336 e. The van der Waals surface area contributed by atoms with E-state index in [1.807, 2.05) is 0 Å². The number of aliphatic hydroxyl groups is 2. The molecule has 0 aliphatic heterocycles. The molecule has 0 rings (SSSR count). The van der Waals surface area contributed by atoms with E-state index in [2.05, 4.69) is 13.2 Å². The van der Waals surface area contributed by atoms with Gasteiger partial charge in [0, 0.05) is 11.1 Å². The fourth-order valence-electron chi connectivity index (χ4n) is 0.712. The minimum atomic E-state index is -2.12. The highest BCUT2D eigenvalue weighted by atomic mass is 16.7. The number of ether oxygens (including phenoxy) is 2. The van der Waals surface area contributed by atoms with Gasteiger partial charge in [0.05, 0.1) is 0 Å². The molecule has 0 spiro atoms. The van der Waals surface area contributed by atoms with Crippen LogP contribution in [0.5, 0.6) is 0 Å². The third-order valence-corrected chi connectivity index (χ3v) is 1.74. The molecule has 0 saturated carbocycles. The third kappa shape index (κ3) is 4.38. The van der Waals surface area contributed by atoms with Crippen LogP contribution in [0.2, 0.25) is 0 Å². The first-order chi connectivity index (χ1) is 7.78. The van der Waals surface area contributed by atoms with Crippen LogP contribution in [-0.2, 0) is 19.1 Å². The highest BCUT2D eigenvalue weighted by Gasteiger charge is 2.38. The normalized spacial score (nSPS) is 10.6. The van der Waals surface area contributed by atoms with Crippen LogP contribution < -0.4 is 0 Å². The van der Waals surface area contributed by atoms with Crippen LogP contribution in [0.15, 0.2) is 24.3 Å². The van der Waals surface area contributed by atoms with Crippen molar-refractivity contribution >= 4 is 11.9 Å². The minimum Gasteiger partial charge on any atom is -0.414 e. The van der Waals surface area contributed by atoms with Crippen LogP contribution in [0.3, 0.4) is 0 Å². The van der Waals surface area contributed by atoms with Crippen molar-refractivity contribution in [1.29, 1.82) is 0 Å². The summed E-state index contributed by atoms with van der Waals surface area (Å²) in [5, 5.41) is 18.1. The Morgan fingerprint density at radius 3 is 1.47 bits per heavy atom. The van der Waals surface area contributed by atoms with E-state index in [0.717, 1.165) is 0 Å². The van der Waals surface area contributed by atoms with Crippen molar-refractivity contribution in [2.75, 3.05) is 13.2 Å². The molecular formula is C11H16O6. The maximum atomic E-state index is 11.3. The lowest BCUT2D eigenvalue weighted by atomic mass is 10.3. The lowest BCUT2D eigenvalue weighted by Gasteiger charge is -2.29. The molecule has 17 heavy (non-hydrogen) atoms. The van der Waals surface area contributed by atoms with Gasteiger partial charge >= 0.3 is 17.7 Å². The molecule has 0 aliphatic carbocycles. The SMILES string of the molecule is C=C(C)C(=O)OC(CO)(CO)OC(=O)C(=C)C. The van der Waals surface area contributed by atoms with Gasteiger partial charge in [0.25, 0.3) is 0 Å². The van der Waals surface area contributed by atoms with Crippen molar-refractivity contribution < 1.29 is 29.3 Å². The van der Waals surface area contributed by atoms with Crippen LogP contribution in [0.25, 0.3) is 0 Å². The molecule has 0 atom stereocenters. The lowest BCUT2D eigenvalue weighted by molar-refractivity contribution is -0.247. The Morgan fingerprint density at radius 2 is 1.29 bits per heavy atom. The van der Waals surface area contributed by atoms with Crippen LogP contribution in [0, 0.1) is 0 Å². The van der Waals surface area contributed by atoms with Crippen molar-refractivity contribution in [3.8, 4) is 0 Å². The standard InChI is InChI=1S/C11H16O6/c1-7(2)9(14)16-11(5-12,6-13)17-10(15)8(3)4/h12-13H,1,3,5-6H2,2,4H3. The van der Waals surface area contributed by atoms with E-state index in [9.17, 15) is 9.59 Å². The molecule has 0 amide bonds. The summed E-state index contributed by atoms with van der Waals surface area (Å²) < 4.78 is 9.39. The molecule has 0 fully saturated rings. The summed E-state index contributed by atoms with van der Waals surface area (Å²) >= 11 is 0. The van der Waals surface area contributed by atoms with E-state index < -0.39 is 30.9 Å². The predicted molar refractivity (Wildman–Crippen MR) is 58.7 cm³/mol. The Hall–Kier alpha value is -1.66. The van der Waals surface area contributed by atoms with Crippen molar-refractivity contribution in [3.05, 3.63) is 24.3 Å². The Morgan fingerprint density at radius 1 is 1.00 bits per heavy atom. The number of carbonyl (C=O) groups is 2. The fourth-order valence-corrected chi connectivity index (χ4v) is 0.712. The average molecular weight is 244 g/mol. The van der Waals surface area contributed by atoms with E-state index in [0.29, 0.717) is 0 Å². The third-order valence-electron chi connectivity index (χ3n) is 1.74. The van der Waals surface area contributed by atoms with Crippen molar-refractivity contribution in [1.82, 2.24) is 0 Å². The highest BCUT2D eigenvalue weighted by molar-refractivity contribution is 5.89. The summed E-state index contributed by atoms with van der Waals surface area (Å²) in [7, 11) is 0. The summed E-state index contributed by atoms with van der Waals surface area (Å²) in [6.07, 6.45) is 0. The van der Waals surface area contributed by atoms with Crippen molar-refractivity contribution in [2.45, 2.75) is 19.6 Å². The molecule has 0 saturated heterocycles. The Labute approximate surface area is 99.1 Å². The van der Waals surface area contributed by atoms with Crippen molar-refractivity contribution in [2.24, 2.45) is 0 Å². The van der Waals surface area contributed by atoms with E-state index >= 15 is 0 Å². The second-order valence-corrected chi connectivity index (χ2v) is 3.57. The topological polar surface area (TPSA) is 93.1 Å². The molecule has 0 aromatic rings. The summed E-state index contributed by atoms with van der Waals surface area (Å²) in [5.74, 6) is -3.89. The molecular weight excluding hydrogens is 228 g/mol. The molecule has 2 N–H and O–H groups in total. The molecule has 0 aromatic heterocycles. The summed E-state index contributed by atoms with van der Waals surface area (Å²) in [4.78, 5) is 22.5. The molecule has 0 bridgehead atoms. The zero-order valence-corrected chi connectivity index (χ0v) is 9.86. The minimum absolute atomic E-state index is 0.0441. The zero-order chi connectivity index (χ0) is 13.6. The van der Waals surface area contributed by atoms with Crippen LogP contribution in [-0.4, -0.2) is 41.2 Å². The van der Waals surface area contributed by atoms with Gasteiger partial charge in [-0.05, 0) is 13.8 Å². The summed E-state index contributed by atoms with van der Waals surface area (Å²) in [5.41, 5.74) is 0.0882. The first-order valence-electron chi connectivity index (χ1n) is 4.77. The van der Waals surface area contributed by atoms with Crippen LogP contribution in [0.4, 0.5) is 0 Å². The Bertz CT molecular complexity index is 310. The summed E-state index contributed by atoms with van der Waals surface area (Å²) in [6.45, 7) is 7.66. The van der Waals surface area contributed by atoms with Crippen LogP contribution >= 0.6 is 0 Å². The zero-order valence-electron chi connectivity index (χ0n) is 9.86. The molecule has 0 aliphatic rings. The lowest BCUT2D eigenvalue weighted by Crippen LogP contribution is -2.47. The number of rotatable bonds is 6. The smallest absolute Gasteiger partial charge is 0.336 e. The average Bonchev–Trinajstić information content (AvgIpc) is 2.27. The van der Waals surface area contributed by atoms with Gasteiger partial charge in [-0.3, -0.25) is 0 Å². The van der Waals surface area contributed by atoms with Gasteiger partial charge in [0.15, 0.2) is 0 Å². The van der Waals surface area contributed by atoms with E-state index in [4.69, 9.17) is 19.7 Å². The second-order valence-electron chi connectivity index (χ2n) is 3.57.